The zero-order valence-electron chi connectivity index (χ0n) is 14.4. The fourth-order valence-electron chi connectivity index (χ4n) is 2.51. The Labute approximate surface area is 169 Å². The molecule has 0 aliphatic rings. The number of furan rings is 1. The first kappa shape index (κ1) is 22.4. The molecule has 2 aromatic heterocycles. The van der Waals surface area contributed by atoms with Gasteiger partial charge in [-0.05, 0) is 30.7 Å². The van der Waals surface area contributed by atoms with Gasteiger partial charge in [0, 0.05) is 12.6 Å². The number of carbonyl (C=O) groups is 1. The van der Waals surface area contributed by atoms with Gasteiger partial charge in [0.15, 0.2) is 16.5 Å². The van der Waals surface area contributed by atoms with Crippen LogP contribution >= 0.6 is 36.2 Å². The second-order valence-electron chi connectivity index (χ2n) is 5.70. The maximum atomic E-state index is 12.3. The van der Waals surface area contributed by atoms with Gasteiger partial charge >= 0.3 is 0 Å². The van der Waals surface area contributed by atoms with E-state index in [-0.39, 0.29) is 36.8 Å². The predicted molar refractivity (Wildman–Crippen MR) is 112 cm³/mol. The standard InChI is InChI=1S/C18H21N3O2S.2ClH/c1-2-3-6-12(11-19)20-17(22)14-9-10-15(23-14)18-21-13-7-4-5-8-16(13)24-18;;/h4-5,7-10,12H,2-3,6,11,19H2,1H3,(H,20,22);2*1H. The number of nitrogens with one attached hydrogen (secondary N) is 1. The highest BCUT2D eigenvalue weighted by Crippen LogP contribution is 2.31. The Morgan fingerprint density at radius 3 is 2.73 bits per heavy atom. The van der Waals surface area contributed by atoms with Crippen LogP contribution < -0.4 is 11.1 Å². The lowest BCUT2D eigenvalue weighted by molar-refractivity contribution is 0.0908. The third-order valence-electron chi connectivity index (χ3n) is 3.86. The van der Waals surface area contributed by atoms with Crippen molar-refractivity contribution in [3.05, 3.63) is 42.2 Å². The Morgan fingerprint density at radius 2 is 2.04 bits per heavy atom. The number of aromatic nitrogens is 1. The molecule has 26 heavy (non-hydrogen) atoms. The van der Waals surface area contributed by atoms with E-state index in [1.165, 1.54) is 0 Å². The summed E-state index contributed by atoms with van der Waals surface area (Å²) >= 11 is 1.55. The number of hydrogen-bond acceptors (Lipinski definition) is 5. The van der Waals surface area contributed by atoms with Crippen LogP contribution in [-0.2, 0) is 0 Å². The van der Waals surface area contributed by atoms with E-state index in [1.807, 2.05) is 24.3 Å². The molecule has 3 aromatic rings. The summed E-state index contributed by atoms with van der Waals surface area (Å²) in [4.78, 5) is 16.9. The Balaban J connectivity index is 0.00000169. The molecule has 0 aliphatic carbocycles. The number of carbonyl (C=O) groups excluding carboxylic acids is 1. The van der Waals surface area contributed by atoms with Crippen LogP contribution in [0, 0.1) is 0 Å². The number of benzene rings is 1. The van der Waals surface area contributed by atoms with Crippen LogP contribution in [0.5, 0.6) is 0 Å². The third-order valence-corrected chi connectivity index (χ3v) is 4.91. The van der Waals surface area contributed by atoms with Crippen molar-refractivity contribution in [3.8, 4) is 10.8 Å². The molecule has 0 spiro atoms. The number of rotatable bonds is 7. The van der Waals surface area contributed by atoms with Gasteiger partial charge in [-0.2, -0.15) is 0 Å². The fourth-order valence-corrected chi connectivity index (χ4v) is 3.44. The molecule has 8 heteroatoms. The molecule has 1 atom stereocenters. The molecule has 0 fully saturated rings. The molecular weight excluding hydrogens is 393 g/mol. The second-order valence-corrected chi connectivity index (χ2v) is 6.73. The molecule has 3 rings (SSSR count). The minimum atomic E-state index is -0.228. The Morgan fingerprint density at radius 1 is 1.27 bits per heavy atom. The zero-order valence-corrected chi connectivity index (χ0v) is 16.9. The Kier molecular flexibility index (Phi) is 9.08. The first-order valence-corrected chi connectivity index (χ1v) is 8.99. The van der Waals surface area contributed by atoms with Crippen molar-refractivity contribution in [2.24, 2.45) is 5.73 Å². The number of fused-ring (bicyclic) bond motifs is 1. The molecule has 2 heterocycles. The summed E-state index contributed by atoms with van der Waals surface area (Å²) < 4.78 is 6.80. The summed E-state index contributed by atoms with van der Waals surface area (Å²) in [6.07, 6.45) is 3.00. The van der Waals surface area contributed by atoms with Crippen molar-refractivity contribution in [1.82, 2.24) is 10.3 Å². The summed E-state index contributed by atoms with van der Waals surface area (Å²) in [6, 6.07) is 11.4. The average molecular weight is 416 g/mol. The monoisotopic (exact) mass is 415 g/mol. The number of unbranched alkanes of at least 4 members (excludes halogenated alkanes) is 1. The molecule has 142 valence electrons. The molecule has 1 unspecified atom stereocenters. The fraction of sp³-hybridized carbons (Fsp3) is 0.333. The SMILES string of the molecule is CCCCC(CN)NC(=O)c1ccc(-c2nc3ccccc3s2)o1.Cl.Cl. The molecule has 5 nitrogen and oxygen atoms in total. The van der Waals surface area contributed by atoms with E-state index in [4.69, 9.17) is 10.2 Å². The second kappa shape index (κ2) is 10.5. The van der Waals surface area contributed by atoms with Gasteiger partial charge in [0.2, 0.25) is 0 Å². The molecule has 1 amide bonds. The number of hydrogen-bond donors (Lipinski definition) is 2. The number of amides is 1. The summed E-state index contributed by atoms with van der Waals surface area (Å²) in [5.74, 6) is 0.673. The summed E-state index contributed by atoms with van der Waals surface area (Å²) in [5.41, 5.74) is 6.66. The van der Waals surface area contributed by atoms with E-state index in [1.54, 1.807) is 23.5 Å². The lowest BCUT2D eigenvalue weighted by Crippen LogP contribution is -2.40. The smallest absolute Gasteiger partial charge is 0.287 e. The number of nitrogens with two attached hydrogens (primary N) is 1. The van der Waals surface area contributed by atoms with Crippen LogP contribution in [-0.4, -0.2) is 23.5 Å². The van der Waals surface area contributed by atoms with Gasteiger partial charge < -0.3 is 15.5 Å². The van der Waals surface area contributed by atoms with Crippen molar-refractivity contribution in [3.63, 3.8) is 0 Å². The Bertz CT molecular complexity index is 802. The highest BCUT2D eigenvalue weighted by molar-refractivity contribution is 7.21. The molecule has 0 aliphatic heterocycles. The van der Waals surface area contributed by atoms with Crippen molar-refractivity contribution in [2.75, 3.05) is 6.54 Å². The van der Waals surface area contributed by atoms with Crippen LogP contribution in [0.3, 0.4) is 0 Å². The first-order valence-electron chi connectivity index (χ1n) is 8.18. The van der Waals surface area contributed by atoms with E-state index in [2.05, 4.69) is 17.2 Å². The van der Waals surface area contributed by atoms with Crippen molar-refractivity contribution >= 4 is 52.3 Å². The van der Waals surface area contributed by atoms with Gasteiger partial charge in [-0.25, -0.2) is 4.98 Å². The van der Waals surface area contributed by atoms with E-state index in [0.29, 0.717) is 18.1 Å². The zero-order chi connectivity index (χ0) is 16.9. The van der Waals surface area contributed by atoms with E-state index in [0.717, 1.165) is 34.5 Å². The first-order chi connectivity index (χ1) is 11.7. The predicted octanol–water partition coefficient (Wildman–Crippen LogP) is 4.65. The van der Waals surface area contributed by atoms with Gasteiger partial charge in [0.1, 0.15) is 0 Å². The third kappa shape index (κ3) is 5.20. The topological polar surface area (TPSA) is 81.1 Å². The van der Waals surface area contributed by atoms with Gasteiger partial charge in [-0.3, -0.25) is 4.79 Å². The molecule has 0 saturated heterocycles. The minimum absolute atomic E-state index is 0. The van der Waals surface area contributed by atoms with Gasteiger partial charge in [0.05, 0.1) is 10.2 Å². The minimum Gasteiger partial charge on any atom is -0.448 e. The van der Waals surface area contributed by atoms with Crippen LogP contribution in [0.15, 0.2) is 40.8 Å². The van der Waals surface area contributed by atoms with Crippen LogP contribution in [0.25, 0.3) is 21.0 Å². The van der Waals surface area contributed by atoms with E-state index >= 15 is 0 Å². The van der Waals surface area contributed by atoms with Crippen LogP contribution in [0.4, 0.5) is 0 Å². The van der Waals surface area contributed by atoms with Crippen LogP contribution in [0.1, 0.15) is 36.7 Å². The van der Waals surface area contributed by atoms with Gasteiger partial charge in [0.25, 0.3) is 5.91 Å². The summed E-state index contributed by atoms with van der Waals surface area (Å²) in [5, 5.41) is 3.71. The number of nitrogens with zero attached hydrogens (tertiary/aromatic N) is 1. The van der Waals surface area contributed by atoms with Gasteiger partial charge in [-0.1, -0.05) is 31.9 Å². The summed E-state index contributed by atoms with van der Waals surface area (Å²) in [6.45, 7) is 2.55. The number of thiazole rings is 1. The van der Waals surface area contributed by atoms with E-state index in [9.17, 15) is 4.79 Å². The molecule has 0 radical (unpaired) electrons. The molecule has 1 aromatic carbocycles. The number of para-hydroxylation sites is 1. The quantitative estimate of drug-likeness (QED) is 0.588. The van der Waals surface area contributed by atoms with E-state index < -0.39 is 0 Å². The van der Waals surface area contributed by atoms with Crippen LogP contribution in [0.2, 0.25) is 0 Å². The molecule has 0 saturated carbocycles. The molecule has 3 N–H and O–H groups in total. The summed E-state index contributed by atoms with van der Waals surface area (Å²) in [7, 11) is 0. The lowest BCUT2D eigenvalue weighted by Gasteiger charge is -2.15. The number of halogens is 2. The average Bonchev–Trinajstić information content (AvgIpc) is 3.24. The van der Waals surface area contributed by atoms with Crippen molar-refractivity contribution in [1.29, 1.82) is 0 Å². The maximum Gasteiger partial charge on any atom is 0.287 e. The normalized spacial score (nSPS) is 11.5. The molecule has 0 bridgehead atoms. The molecular formula is C18H23Cl2N3O2S. The van der Waals surface area contributed by atoms with Gasteiger partial charge in [-0.15, -0.1) is 36.2 Å². The lowest BCUT2D eigenvalue weighted by atomic mass is 10.1. The Hall–Kier alpha value is -1.60. The highest BCUT2D eigenvalue weighted by Gasteiger charge is 2.17. The van der Waals surface area contributed by atoms with Crippen molar-refractivity contribution in [2.45, 2.75) is 32.2 Å². The highest BCUT2D eigenvalue weighted by atomic mass is 35.5. The maximum absolute atomic E-state index is 12.3. The van der Waals surface area contributed by atoms with Crippen molar-refractivity contribution < 1.29 is 9.21 Å². The largest absolute Gasteiger partial charge is 0.448 e.